The zero-order chi connectivity index (χ0) is 26.9. The van der Waals surface area contributed by atoms with Crippen LogP contribution in [0.2, 0.25) is 0 Å². The van der Waals surface area contributed by atoms with Crippen LogP contribution < -0.4 is 20.7 Å². The predicted octanol–water partition coefficient (Wildman–Crippen LogP) is 3.95. The van der Waals surface area contributed by atoms with Crippen molar-refractivity contribution in [3.8, 4) is 16.9 Å². The molecule has 0 saturated carbocycles. The second-order valence-electron chi connectivity index (χ2n) is 8.45. The Morgan fingerprint density at radius 3 is 2.22 bits per heavy atom. The van der Waals surface area contributed by atoms with Gasteiger partial charge in [-0.2, -0.15) is 0 Å². The highest BCUT2D eigenvalue weighted by Crippen LogP contribution is 2.33. The number of ether oxygens (including phenoxy) is 3. The Morgan fingerprint density at radius 2 is 1.62 bits per heavy atom. The van der Waals surface area contributed by atoms with Crippen molar-refractivity contribution in [1.29, 1.82) is 0 Å². The molecule has 3 N–H and O–H groups in total. The molecule has 1 heterocycles. The summed E-state index contributed by atoms with van der Waals surface area (Å²) in [6.45, 7) is 4.48. The molecular weight excluding hydrogens is 472 g/mol. The number of nitrogens with zero attached hydrogens (tertiary/aromatic N) is 1. The molecule has 0 aliphatic rings. The van der Waals surface area contributed by atoms with Crippen LogP contribution in [-0.2, 0) is 20.8 Å². The number of aromatic nitrogens is 1. The van der Waals surface area contributed by atoms with Crippen LogP contribution in [0.3, 0.4) is 0 Å². The van der Waals surface area contributed by atoms with Gasteiger partial charge < -0.3 is 24.8 Å². The first-order chi connectivity index (χ1) is 17.8. The minimum absolute atomic E-state index is 0.153. The van der Waals surface area contributed by atoms with Gasteiger partial charge in [-0.3, -0.25) is 19.9 Å². The van der Waals surface area contributed by atoms with Crippen LogP contribution in [0.15, 0.2) is 48.7 Å². The number of pyridine rings is 1. The second-order valence-corrected chi connectivity index (χ2v) is 8.45. The van der Waals surface area contributed by atoms with Crippen LogP contribution in [0.1, 0.15) is 27.2 Å². The molecular formula is C28H34N4O5. The molecule has 1 amide bonds. The van der Waals surface area contributed by atoms with E-state index in [9.17, 15) is 9.59 Å². The number of amides is 1. The van der Waals surface area contributed by atoms with E-state index in [0.717, 1.165) is 27.9 Å². The van der Waals surface area contributed by atoms with Crippen LogP contribution in [-0.4, -0.2) is 57.9 Å². The lowest BCUT2D eigenvalue weighted by Crippen LogP contribution is -2.40. The average Bonchev–Trinajstić information content (AvgIpc) is 2.92. The Morgan fingerprint density at radius 1 is 0.973 bits per heavy atom. The first-order valence-corrected chi connectivity index (χ1v) is 11.9. The number of carbonyl (C=O) groups excluding carboxylic acids is 2. The zero-order valence-corrected chi connectivity index (χ0v) is 22.1. The monoisotopic (exact) mass is 506 g/mol. The summed E-state index contributed by atoms with van der Waals surface area (Å²) in [6, 6.07) is 12.9. The molecule has 9 nitrogen and oxygen atoms in total. The summed E-state index contributed by atoms with van der Waals surface area (Å²) in [5, 5.41) is 9.26. The molecule has 0 bridgehead atoms. The van der Waals surface area contributed by atoms with E-state index in [1.807, 2.05) is 44.3 Å². The fourth-order valence-electron chi connectivity index (χ4n) is 4.11. The van der Waals surface area contributed by atoms with Gasteiger partial charge >= 0.3 is 5.97 Å². The van der Waals surface area contributed by atoms with Gasteiger partial charge in [0.2, 0.25) is 0 Å². The van der Waals surface area contributed by atoms with Crippen molar-refractivity contribution in [2.24, 2.45) is 0 Å². The number of hydrogen-bond donors (Lipinski definition) is 3. The molecule has 0 aliphatic carbocycles. The standard InChI is InChI=1S/C28H34N4O5/c1-17-20(9-7-11-22(17)29-3)21-10-8-12-23(18(21)2)32-27(33)24-13-26(36-5)19(14-30-24)15-31-25(16-35-4)28(34)37-6/h7-14,25,29,31H,15-16H2,1-6H3,(H,32,33)/t25-/m0/s1. The third-order valence-corrected chi connectivity index (χ3v) is 6.23. The highest BCUT2D eigenvalue weighted by atomic mass is 16.5. The van der Waals surface area contributed by atoms with E-state index in [-0.39, 0.29) is 24.8 Å². The molecule has 0 spiro atoms. The summed E-state index contributed by atoms with van der Waals surface area (Å²) in [6.07, 6.45) is 1.55. The molecule has 3 aromatic rings. The maximum atomic E-state index is 13.1. The van der Waals surface area contributed by atoms with Crippen LogP contribution in [0.25, 0.3) is 11.1 Å². The second kappa shape index (κ2) is 12.8. The number of nitrogens with one attached hydrogen (secondary N) is 3. The van der Waals surface area contributed by atoms with Gasteiger partial charge in [-0.25, -0.2) is 0 Å². The topological polar surface area (TPSA) is 111 Å². The number of anilines is 2. The van der Waals surface area contributed by atoms with Gasteiger partial charge in [-0.05, 0) is 48.2 Å². The van der Waals surface area contributed by atoms with E-state index in [1.165, 1.54) is 21.3 Å². The van der Waals surface area contributed by atoms with E-state index in [0.29, 0.717) is 17.0 Å². The minimum Gasteiger partial charge on any atom is -0.496 e. The first-order valence-electron chi connectivity index (χ1n) is 11.9. The first kappa shape index (κ1) is 27.6. The van der Waals surface area contributed by atoms with Crippen molar-refractivity contribution in [3.05, 3.63) is 71.0 Å². The molecule has 3 rings (SSSR count). The molecule has 0 saturated heterocycles. The van der Waals surface area contributed by atoms with E-state index < -0.39 is 12.0 Å². The van der Waals surface area contributed by atoms with E-state index in [1.54, 1.807) is 12.3 Å². The highest BCUT2D eigenvalue weighted by Gasteiger charge is 2.20. The number of rotatable bonds is 11. The highest BCUT2D eigenvalue weighted by molar-refractivity contribution is 6.04. The van der Waals surface area contributed by atoms with E-state index in [2.05, 4.69) is 33.9 Å². The van der Waals surface area contributed by atoms with Crippen molar-refractivity contribution in [2.45, 2.75) is 26.4 Å². The fourth-order valence-corrected chi connectivity index (χ4v) is 4.11. The normalized spacial score (nSPS) is 11.5. The van der Waals surface area contributed by atoms with Gasteiger partial charge in [-0.1, -0.05) is 24.3 Å². The van der Waals surface area contributed by atoms with Crippen LogP contribution >= 0.6 is 0 Å². The molecule has 0 radical (unpaired) electrons. The van der Waals surface area contributed by atoms with Crippen molar-refractivity contribution in [1.82, 2.24) is 10.3 Å². The van der Waals surface area contributed by atoms with Crippen molar-refractivity contribution in [3.63, 3.8) is 0 Å². The van der Waals surface area contributed by atoms with Gasteiger partial charge in [0.25, 0.3) is 5.91 Å². The lowest BCUT2D eigenvalue weighted by molar-refractivity contribution is -0.144. The molecule has 1 atom stereocenters. The lowest BCUT2D eigenvalue weighted by Gasteiger charge is -2.17. The molecule has 2 aromatic carbocycles. The summed E-state index contributed by atoms with van der Waals surface area (Å²) in [5.74, 6) is -0.320. The van der Waals surface area contributed by atoms with Crippen LogP contribution in [0.5, 0.6) is 5.75 Å². The quantitative estimate of drug-likeness (QED) is 0.336. The predicted molar refractivity (Wildman–Crippen MR) is 144 cm³/mol. The van der Waals surface area contributed by atoms with Gasteiger partial charge in [0.1, 0.15) is 17.5 Å². The Kier molecular flexibility index (Phi) is 9.59. The van der Waals surface area contributed by atoms with E-state index >= 15 is 0 Å². The summed E-state index contributed by atoms with van der Waals surface area (Å²) in [4.78, 5) is 29.4. The molecule has 9 heteroatoms. The van der Waals surface area contributed by atoms with Crippen LogP contribution in [0, 0.1) is 13.8 Å². The van der Waals surface area contributed by atoms with Crippen molar-refractivity contribution >= 4 is 23.3 Å². The van der Waals surface area contributed by atoms with Crippen molar-refractivity contribution in [2.75, 3.05) is 45.6 Å². The lowest BCUT2D eigenvalue weighted by atomic mass is 9.94. The SMILES string of the molecule is CNc1cccc(-c2cccc(NC(=O)c3cc(OC)c(CN[C@@H](COC)C(=O)OC)cn3)c2C)c1C. The molecule has 1 aromatic heterocycles. The van der Waals surface area contributed by atoms with Crippen LogP contribution in [0.4, 0.5) is 11.4 Å². The fraction of sp³-hybridized carbons (Fsp3) is 0.321. The third-order valence-electron chi connectivity index (χ3n) is 6.23. The Hall–Kier alpha value is -3.95. The van der Waals surface area contributed by atoms with Gasteiger partial charge in [-0.15, -0.1) is 0 Å². The van der Waals surface area contributed by atoms with Gasteiger partial charge in [0, 0.05) is 49.9 Å². The Labute approximate surface area is 217 Å². The summed E-state index contributed by atoms with van der Waals surface area (Å²) >= 11 is 0. The molecule has 0 aliphatic heterocycles. The molecule has 196 valence electrons. The Bertz CT molecular complexity index is 1260. The smallest absolute Gasteiger partial charge is 0.325 e. The van der Waals surface area contributed by atoms with Gasteiger partial charge in [0.15, 0.2) is 0 Å². The number of carbonyl (C=O) groups is 2. The minimum atomic E-state index is -0.643. The maximum Gasteiger partial charge on any atom is 0.325 e. The van der Waals surface area contributed by atoms with Gasteiger partial charge in [0.05, 0.1) is 20.8 Å². The zero-order valence-electron chi connectivity index (χ0n) is 22.1. The molecule has 37 heavy (non-hydrogen) atoms. The third kappa shape index (κ3) is 6.44. The number of benzene rings is 2. The average molecular weight is 507 g/mol. The summed E-state index contributed by atoms with van der Waals surface area (Å²) in [7, 11) is 6.24. The number of methoxy groups -OCH3 is 3. The maximum absolute atomic E-state index is 13.1. The molecule has 0 fully saturated rings. The largest absolute Gasteiger partial charge is 0.496 e. The van der Waals surface area contributed by atoms with E-state index in [4.69, 9.17) is 14.2 Å². The number of esters is 1. The Balaban J connectivity index is 1.80. The summed E-state index contributed by atoms with van der Waals surface area (Å²) < 4.78 is 15.4. The molecule has 0 unspecified atom stereocenters. The number of hydrogen-bond acceptors (Lipinski definition) is 8. The summed E-state index contributed by atoms with van der Waals surface area (Å²) in [5.41, 5.74) is 6.86. The van der Waals surface area contributed by atoms with Crippen molar-refractivity contribution < 1.29 is 23.8 Å².